The maximum Gasteiger partial charge on any atom is 0.237 e. The molecule has 1 saturated carbocycles. The summed E-state index contributed by atoms with van der Waals surface area (Å²) in [5.41, 5.74) is 6.83. The summed E-state index contributed by atoms with van der Waals surface area (Å²) in [6.45, 7) is 2.03. The van der Waals surface area contributed by atoms with Gasteiger partial charge in [0.25, 0.3) is 0 Å². The summed E-state index contributed by atoms with van der Waals surface area (Å²) in [6.07, 6.45) is 2.90. The summed E-state index contributed by atoms with van der Waals surface area (Å²) in [6, 6.07) is 6.47. The van der Waals surface area contributed by atoms with Crippen molar-refractivity contribution in [1.82, 2.24) is 5.32 Å². The van der Waals surface area contributed by atoms with Crippen LogP contribution in [-0.2, 0) is 11.2 Å². The van der Waals surface area contributed by atoms with E-state index in [1.54, 1.807) is 24.3 Å². The number of hydrogen-bond donors (Lipinski definition) is 3. The van der Waals surface area contributed by atoms with E-state index in [0.717, 1.165) is 5.56 Å². The van der Waals surface area contributed by atoms with Crippen molar-refractivity contribution in [2.24, 2.45) is 11.7 Å². The number of phenols is 1. The van der Waals surface area contributed by atoms with Gasteiger partial charge in [-0.1, -0.05) is 12.1 Å². The molecule has 4 N–H and O–H groups in total. The minimum Gasteiger partial charge on any atom is -0.508 e. The number of carbonyl (C=O) groups excluding carboxylic acids is 1. The van der Waals surface area contributed by atoms with Crippen LogP contribution in [0.3, 0.4) is 0 Å². The number of benzene rings is 1. The SMILES string of the molecule is CC(NC(=O)C(N)Cc1ccc(O)cc1)C1CC1. The van der Waals surface area contributed by atoms with Gasteiger partial charge in [0.1, 0.15) is 5.75 Å². The average Bonchev–Trinajstić information content (AvgIpc) is 3.16. The number of nitrogens with one attached hydrogen (secondary N) is 1. The second-order valence-corrected chi connectivity index (χ2v) is 5.11. The summed E-state index contributed by atoms with van der Waals surface area (Å²) in [4.78, 5) is 11.9. The molecule has 0 bridgehead atoms. The van der Waals surface area contributed by atoms with E-state index in [4.69, 9.17) is 5.73 Å². The fourth-order valence-corrected chi connectivity index (χ4v) is 2.02. The standard InChI is InChI=1S/C14H20N2O2/c1-9(11-4-5-11)16-14(18)13(15)8-10-2-6-12(17)7-3-10/h2-3,6-7,9,11,13,17H,4-5,8,15H2,1H3,(H,16,18). The number of rotatable bonds is 5. The molecule has 0 heterocycles. The number of carbonyl (C=O) groups is 1. The van der Waals surface area contributed by atoms with Gasteiger partial charge in [-0.15, -0.1) is 0 Å². The number of phenolic OH excluding ortho intramolecular Hbond substituents is 1. The van der Waals surface area contributed by atoms with E-state index in [1.807, 2.05) is 6.92 Å². The first-order valence-corrected chi connectivity index (χ1v) is 6.40. The first-order chi connectivity index (χ1) is 8.56. The predicted molar refractivity (Wildman–Crippen MR) is 70.1 cm³/mol. The molecule has 4 heteroatoms. The Hall–Kier alpha value is -1.55. The molecule has 0 spiro atoms. The molecular formula is C14H20N2O2. The van der Waals surface area contributed by atoms with Gasteiger partial charge in [-0.3, -0.25) is 4.79 Å². The highest BCUT2D eigenvalue weighted by molar-refractivity contribution is 5.82. The summed E-state index contributed by atoms with van der Waals surface area (Å²) in [7, 11) is 0. The lowest BCUT2D eigenvalue weighted by molar-refractivity contribution is -0.123. The van der Waals surface area contributed by atoms with Crippen molar-refractivity contribution in [3.8, 4) is 5.75 Å². The van der Waals surface area contributed by atoms with E-state index in [9.17, 15) is 9.90 Å². The molecule has 2 atom stereocenters. The Kier molecular flexibility index (Phi) is 3.87. The summed E-state index contributed by atoms with van der Waals surface area (Å²) in [5, 5.41) is 12.1. The van der Waals surface area contributed by atoms with Gasteiger partial charge in [0.15, 0.2) is 0 Å². The molecule has 0 aromatic heterocycles. The van der Waals surface area contributed by atoms with E-state index in [0.29, 0.717) is 12.3 Å². The van der Waals surface area contributed by atoms with Crippen molar-refractivity contribution >= 4 is 5.91 Å². The van der Waals surface area contributed by atoms with Crippen molar-refractivity contribution in [3.05, 3.63) is 29.8 Å². The van der Waals surface area contributed by atoms with E-state index in [1.165, 1.54) is 12.8 Å². The Morgan fingerprint density at radius 1 is 1.44 bits per heavy atom. The van der Waals surface area contributed by atoms with Gasteiger partial charge in [0.05, 0.1) is 6.04 Å². The molecule has 1 amide bonds. The minimum absolute atomic E-state index is 0.0949. The molecule has 1 aromatic rings. The zero-order chi connectivity index (χ0) is 13.1. The first-order valence-electron chi connectivity index (χ1n) is 6.40. The Balaban J connectivity index is 1.84. The molecule has 0 radical (unpaired) electrons. The Labute approximate surface area is 107 Å². The summed E-state index contributed by atoms with van der Waals surface area (Å²) in [5.74, 6) is 0.761. The van der Waals surface area contributed by atoms with Crippen molar-refractivity contribution < 1.29 is 9.90 Å². The molecule has 0 aliphatic heterocycles. The summed E-state index contributed by atoms with van der Waals surface area (Å²) >= 11 is 0. The number of amides is 1. The molecule has 1 fully saturated rings. The van der Waals surface area contributed by atoms with Gasteiger partial charge in [0, 0.05) is 6.04 Å². The van der Waals surface area contributed by atoms with Gasteiger partial charge in [-0.2, -0.15) is 0 Å². The second kappa shape index (κ2) is 5.40. The summed E-state index contributed by atoms with van der Waals surface area (Å²) < 4.78 is 0. The van der Waals surface area contributed by atoms with Crippen LogP contribution in [0.4, 0.5) is 0 Å². The molecule has 1 aromatic carbocycles. The number of nitrogens with two attached hydrogens (primary N) is 1. The first kappa shape index (κ1) is 12.9. The molecule has 1 aliphatic carbocycles. The largest absolute Gasteiger partial charge is 0.508 e. The van der Waals surface area contributed by atoms with Crippen LogP contribution >= 0.6 is 0 Å². The van der Waals surface area contributed by atoms with Crippen LogP contribution in [-0.4, -0.2) is 23.1 Å². The van der Waals surface area contributed by atoms with Gasteiger partial charge in [-0.05, 0) is 49.8 Å². The van der Waals surface area contributed by atoms with Crippen LogP contribution in [0.15, 0.2) is 24.3 Å². The van der Waals surface area contributed by atoms with Gasteiger partial charge < -0.3 is 16.2 Å². The van der Waals surface area contributed by atoms with Gasteiger partial charge in [0.2, 0.25) is 5.91 Å². The highest BCUT2D eigenvalue weighted by Crippen LogP contribution is 2.32. The fraction of sp³-hybridized carbons (Fsp3) is 0.500. The minimum atomic E-state index is -0.532. The topological polar surface area (TPSA) is 75.4 Å². The monoisotopic (exact) mass is 248 g/mol. The third-order valence-corrected chi connectivity index (χ3v) is 3.43. The highest BCUT2D eigenvalue weighted by Gasteiger charge is 2.29. The van der Waals surface area contributed by atoms with Crippen molar-refractivity contribution in [3.63, 3.8) is 0 Å². The smallest absolute Gasteiger partial charge is 0.237 e. The van der Waals surface area contributed by atoms with Crippen LogP contribution in [0.5, 0.6) is 5.75 Å². The molecule has 18 heavy (non-hydrogen) atoms. The molecule has 2 rings (SSSR count). The highest BCUT2D eigenvalue weighted by atomic mass is 16.3. The van der Waals surface area contributed by atoms with Gasteiger partial charge >= 0.3 is 0 Å². The van der Waals surface area contributed by atoms with Crippen LogP contribution in [0.1, 0.15) is 25.3 Å². The molecule has 4 nitrogen and oxygen atoms in total. The third-order valence-electron chi connectivity index (χ3n) is 3.43. The van der Waals surface area contributed by atoms with Crippen molar-refractivity contribution in [2.75, 3.05) is 0 Å². The lowest BCUT2D eigenvalue weighted by atomic mass is 10.1. The maximum atomic E-state index is 11.9. The van der Waals surface area contributed by atoms with E-state index in [-0.39, 0.29) is 17.7 Å². The number of aromatic hydroxyl groups is 1. The maximum absolute atomic E-state index is 11.9. The Morgan fingerprint density at radius 2 is 2.06 bits per heavy atom. The van der Waals surface area contributed by atoms with E-state index < -0.39 is 6.04 Å². The molecular weight excluding hydrogens is 228 g/mol. The lowest BCUT2D eigenvalue weighted by Gasteiger charge is -2.17. The quantitative estimate of drug-likeness (QED) is 0.732. The molecule has 1 aliphatic rings. The Morgan fingerprint density at radius 3 is 2.61 bits per heavy atom. The molecule has 0 saturated heterocycles. The molecule has 2 unspecified atom stereocenters. The van der Waals surface area contributed by atoms with Gasteiger partial charge in [-0.25, -0.2) is 0 Å². The second-order valence-electron chi connectivity index (χ2n) is 5.11. The fourth-order valence-electron chi connectivity index (χ4n) is 2.02. The van der Waals surface area contributed by atoms with E-state index in [2.05, 4.69) is 5.32 Å². The Bertz CT molecular complexity index is 412. The zero-order valence-corrected chi connectivity index (χ0v) is 10.6. The average molecular weight is 248 g/mol. The predicted octanol–water partition coefficient (Wildman–Crippen LogP) is 1.18. The van der Waals surface area contributed by atoms with Crippen LogP contribution in [0.2, 0.25) is 0 Å². The third kappa shape index (κ3) is 3.47. The lowest BCUT2D eigenvalue weighted by Crippen LogP contribution is -2.46. The molecule has 98 valence electrons. The van der Waals surface area contributed by atoms with Crippen LogP contribution < -0.4 is 11.1 Å². The van der Waals surface area contributed by atoms with E-state index >= 15 is 0 Å². The number of hydrogen-bond acceptors (Lipinski definition) is 3. The van der Waals surface area contributed by atoms with Crippen molar-refractivity contribution in [1.29, 1.82) is 0 Å². The van der Waals surface area contributed by atoms with Crippen LogP contribution in [0, 0.1) is 5.92 Å². The van der Waals surface area contributed by atoms with Crippen molar-refractivity contribution in [2.45, 2.75) is 38.3 Å². The normalized spacial score (nSPS) is 18.1. The van der Waals surface area contributed by atoms with Crippen LogP contribution in [0.25, 0.3) is 0 Å². The zero-order valence-electron chi connectivity index (χ0n) is 10.6.